The maximum absolute atomic E-state index is 12.4. The summed E-state index contributed by atoms with van der Waals surface area (Å²) in [5.74, 6) is -0.834. The van der Waals surface area contributed by atoms with E-state index in [1.807, 2.05) is 19.9 Å². The number of carbonyl (C=O) groups is 1. The highest BCUT2D eigenvalue weighted by Gasteiger charge is 2.19. The summed E-state index contributed by atoms with van der Waals surface area (Å²) in [6.45, 7) is 7.39. The molecule has 0 aliphatic heterocycles. The van der Waals surface area contributed by atoms with Crippen molar-refractivity contribution in [2.75, 3.05) is 24.6 Å². The van der Waals surface area contributed by atoms with Gasteiger partial charge in [-0.05, 0) is 39.0 Å². The topological polar surface area (TPSA) is 90.0 Å². The highest BCUT2D eigenvalue weighted by molar-refractivity contribution is 6.03. The summed E-state index contributed by atoms with van der Waals surface area (Å²) in [4.78, 5) is 38.5. The van der Waals surface area contributed by atoms with Gasteiger partial charge in [-0.15, -0.1) is 0 Å². The number of ether oxygens (including phenoxy) is 1. The largest absolute Gasteiger partial charge is 0.462 e. The van der Waals surface area contributed by atoms with Crippen LogP contribution in [0.25, 0.3) is 21.9 Å². The van der Waals surface area contributed by atoms with Crippen LogP contribution in [0.2, 0.25) is 0 Å². The van der Waals surface area contributed by atoms with Crippen LogP contribution in [0.4, 0.5) is 5.69 Å². The fraction of sp³-hybridized carbons (Fsp3) is 0.316. The Balaban J connectivity index is 2.27. The molecule has 136 valence electrons. The molecule has 0 radical (unpaired) electrons. The number of benzene rings is 1. The van der Waals surface area contributed by atoms with Crippen LogP contribution >= 0.6 is 0 Å². The molecule has 7 heteroatoms. The van der Waals surface area contributed by atoms with Crippen molar-refractivity contribution in [3.05, 3.63) is 50.7 Å². The molecule has 0 saturated heterocycles. The van der Waals surface area contributed by atoms with Crippen molar-refractivity contribution in [1.82, 2.24) is 0 Å². The summed E-state index contributed by atoms with van der Waals surface area (Å²) in [7, 11) is 0. The van der Waals surface area contributed by atoms with Crippen LogP contribution in [0.5, 0.6) is 0 Å². The highest BCUT2D eigenvalue weighted by atomic mass is 16.5. The molecule has 2 aromatic heterocycles. The smallest absolute Gasteiger partial charge is 0.351 e. The average molecular weight is 357 g/mol. The van der Waals surface area contributed by atoms with Crippen LogP contribution in [0.1, 0.15) is 31.1 Å². The number of rotatable bonds is 5. The molecule has 0 saturated carbocycles. The summed E-state index contributed by atoms with van der Waals surface area (Å²) in [6.07, 6.45) is 0. The normalized spacial score (nSPS) is 11.0. The van der Waals surface area contributed by atoms with Gasteiger partial charge in [-0.25, -0.2) is 14.4 Å². The van der Waals surface area contributed by atoms with Gasteiger partial charge in [0.25, 0.3) is 0 Å². The molecule has 0 aliphatic carbocycles. The molecule has 3 rings (SSSR count). The molecule has 3 aromatic rings. The molecule has 0 bridgehead atoms. The Morgan fingerprint density at radius 3 is 2.38 bits per heavy atom. The first-order valence-corrected chi connectivity index (χ1v) is 8.46. The van der Waals surface area contributed by atoms with E-state index in [4.69, 9.17) is 13.6 Å². The third-order valence-electron chi connectivity index (χ3n) is 4.20. The Morgan fingerprint density at radius 2 is 1.73 bits per heavy atom. The van der Waals surface area contributed by atoms with Crippen LogP contribution in [0.3, 0.4) is 0 Å². The van der Waals surface area contributed by atoms with E-state index >= 15 is 0 Å². The SMILES string of the molecule is CCOC(=O)c1cc2c(=O)oc3cc(N(CC)CC)ccc3c2oc1=O. The molecular weight excluding hydrogens is 338 g/mol. The van der Waals surface area contributed by atoms with E-state index in [9.17, 15) is 14.4 Å². The van der Waals surface area contributed by atoms with Gasteiger partial charge >= 0.3 is 17.2 Å². The van der Waals surface area contributed by atoms with Gasteiger partial charge in [0.2, 0.25) is 0 Å². The van der Waals surface area contributed by atoms with Gasteiger partial charge in [-0.3, -0.25) is 0 Å². The fourth-order valence-corrected chi connectivity index (χ4v) is 2.90. The molecule has 0 aliphatic rings. The monoisotopic (exact) mass is 357 g/mol. The van der Waals surface area contributed by atoms with Crippen molar-refractivity contribution in [2.24, 2.45) is 0 Å². The van der Waals surface area contributed by atoms with E-state index < -0.39 is 17.2 Å². The second kappa shape index (κ2) is 7.03. The van der Waals surface area contributed by atoms with Crippen molar-refractivity contribution >= 4 is 33.6 Å². The van der Waals surface area contributed by atoms with Crippen molar-refractivity contribution in [3.63, 3.8) is 0 Å². The van der Waals surface area contributed by atoms with Crippen LogP contribution in [0, 0.1) is 0 Å². The van der Waals surface area contributed by atoms with Crippen LogP contribution in [-0.2, 0) is 4.74 Å². The lowest BCUT2D eigenvalue weighted by molar-refractivity contribution is 0.0522. The lowest BCUT2D eigenvalue weighted by atomic mass is 10.1. The zero-order valence-electron chi connectivity index (χ0n) is 14.8. The minimum absolute atomic E-state index is 0.0238. The Bertz CT molecular complexity index is 1090. The molecular formula is C19H19NO6. The van der Waals surface area contributed by atoms with E-state index in [1.54, 1.807) is 19.1 Å². The summed E-state index contributed by atoms with van der Waals surface area (Å²) in [5.41, 5.74) is -0.547. The van der Waals surface area contributed by atoms with Gasteiger partial charge in [0.1, 0.15) is 16.5 Å². The van der Waals surface area contributed by atoms with Gasteiger partial charge in [0.15, 0.2) is 5.58 Å². The van der Waals surface area contributed by atoms with E-state index in [1.165, 1.54) is 6.07 Å². The molecule has 0 spiro atoms. The lowest BCUT2D eigenvalue weighted by Crippen LogP contribution is -2.21. The molecule has 0 atom stereocenters. The van der Waals surface area contributed by atoms with Crippen molar-refractivity contribution in [3.8, 4) is 0 Å². The quantitative estimate of drug-likeness (QED) is 0.394. The van der Waals surface area contributed by atoms with Crippen LogP contribution in [-0.4, -0.2) is 25.7 Å². The maximum Gasteiger partial charge on any atom is 0.351 e. The zero-order chi connectivity index (χ0) is 18.8. The second-order valence-corrected chi connectivity index (χ2v) is 5.65. The van der Waals surface area contributed by atoms with Gasteiger partial charge in [-0.2, -0.15) is 0 Å². The first-order valence-electron chi connectivity index (χ1n) is 8.46. The number of esters is 1. The predicted octanol–water partition coefficient (Wildman–Crippen LogP) is 2.92. The number of fused-ring (bicyclic) bond motifs is 3. The Kier molecular flexibility index (Phi) is 4.79. The highest BCUT2D eigenvalue weighted by Crippen LogP contribution is 2.26. The average Bonchev–Trinajstić information content (AvgIpc) is 2.62. The molecule has 7 nitrogen and oxygen atoms in total. The van der Waals surface area contributed by atoms with Gasteiger partial charge in [0, 0.05) is 24.8 Å². The van der Waals surface area contributed by atoms with Crippen LogP contribution < -0.4 is 16.2 Å². The Labute approximate surface area is 148 Å². The zero-order valence-corrected chi connectivity index (χ0v) is 14.8. The lowest BCUT2D eigenvalue weighted by Gasteiger charge is -2.21. The number of hydrogen-bond donors (Lipinski definition) is 0. The van der Waals surface area contributed by atoms with E-state index in [2.05, 4.69) is 4.90 Å². The van der Waals surface area contributed by atoms with Gasteiger partial charge in [-0.1, -0.05) is 0 Å². The minimum Gasteiger partial charge on any atom is -0.462 e. The Morgan fingerprint density at radius 1 is 1.00 bits per heavy atom. The molecule has 26 heavy (non-hydrogen) atoms. The summed E-state index contributed by atoms with van der Waals surface area (Å²) in [6, 6.07) is 6.51. The van der Waals surface area contributed by atoms with E-state index in [-0.39, 0.29) is 23.1 Å². The van der Waals surface area contributed by atoms with Crippen LogP contribution in [0.15, 0.2) is 42.7 Å². The van der Waals surface area contributed by atoms with E-state index in [0.717, 1.165) is 18.8 Å². The standard InChI is InChI=1S/C19H19NO6/c1-4-20(5-2)11-7-8-12-15(9-11)25-18(22)13-10-14(17(21)24-6-3)19(23)26-16(12)13/h7-10H,4-6H2,1-3H3. The maximum atomic E-state index is 12.4. The first-order chi connectivity index (χ1) is 12.5. The number of anilines is 1. The molecule has 2 heterocycles. The molecule has 1 aromatic carbocycles. The van der Waals surface area contributed by atoms with Gasteiger partial charge in [0.05, 0.1) is 12.0 Å². The van der Waals surface area contributed by atoms with E-state index in [0.29, 0.717) is 11.0 Å². The molecule has 0 fully saturated rings. The third-order valence-corrected chi connectivity index (χ3v) is 4.20. The summed E-state index contributed by atoms with van der Waals surface area (Å²) < 4.78 is 15.5. The Hall–Kier alpha value is -3.09. The first kappa shape index (κ1) is 17.7. The second-order valence-electron chi connectivity index (χ2n) is 5.65. The molecule has 0 unspecified atom stereocenters. The number of nitrogens with zero attached hydrogens (tertiary/aromatic N) is 1. The minimum atomic E-state index is -0.851. The third kappa shape index (κ3) is 2.96. The number of carbonyl (C=O) groups excluding carboxylic acids is 1. The molecule has 0 N–H and O–H groups in total. The fourth-order valence-electron chi connectivity index (χ4n) is 2.90. The van der Waals surface area contributed by atoms with Gasteiger partial charge < -0.3 is 18.5 Å². The summed E-state index contributed by atoms with van der Waals surface area (Å²) in [5, 5.41) is 0.513. The van der Waals surface area contributed by atoms with Crippen molar-refractivity contribution < 1.29 is 18.4 Å². The molecule has 0 amide bonds. The predicted molar refractivity (Wildman–Crippen MR) is 98.0 cm³/mol. The van der Waals surface area contributed by atoms with Crippen molar-refractivity contribution in [1.29, 1.82) is 0 Å². The van der Waals surface area contributed by atoms with Crippen molar-refractivity contribution in [2.45, 2.75) is 20.8 Å². The number of hydrogen-bond acceptors (Lipinski definition) is 7. The summed E-state index contributed by atoms with van der Waals surface area (Å²) >= 11 is 0.